The quantitative estimate of drug-likeness (QED) is 0.580. The van der Waals surface area contributed by atoms with Gasteiger partial charge in [-0.2, -0.15) is 5.10 Å². The molecule has 0 radical (unpaired) electrons. The predicted octanol–water partition coefficient (Wildman–Crippen LogP) is 4.46. The molecule has 3 aromatic rings. The van der Waals surface area contributed by atoms with Crippen LogP contribution in [0.4, 0.5) is 0 Å². The highest BCUT2D eigenvalue weighted by molar-refractivity contribution is 6.00. The number of benzene rings is 1. The van der Waals surface area contributed by atoms with Crippen LogP contribution < -0.4 is 0 Å². The topological polar surface area (TPSA) is 57.9 Å². The number of hydrogen-bond acceptors (Lipinski definition) is 3. The number of fused-ring (bicyclic) bond motifs is 1. The van der Waals surface area contributed by atoms with Gasteiger partial charge < -0.3 is 9.80 Å². The number of carbonyl (C=O) groups excluding carboxylic acids is 2. The highest BCUT2D eigenvalue weighted by Gasteiger charge is 2.27. The van der Waals surface area contributed by atoms with E-state index in [4.69, 9.17) is 0 Å². The minimum atomic E-state index is 0.0932. The second-order valence-corrected chi connectivity index (χ2v) is 10.1. The predicted molar refractivity (Wildman–Crippen MR) is 133 cm³/mol. The summed E-state index contributed by atoms with van der Waals surface area (Å²) in [5.41, 5.74) is 5.10. The molecule has 1 aromatic carbocycles. The first kappa shape index (κ1) is 22.6. The maximum atomic E-state index is 13.2. The zero-order chi connectivity index (χ0) is 23.7. The number of likely N-dealkylation sites (tertiary alicyclic amines) is 2. The van der Waals surface area contributed by atoms with Crippen LogP contribution in [0.2, 0.25) is 0 Å². The Morgan fingerprint density at radius 1 is 0.971 bits per heavy atom. The van der Waals surface area contributed by atoms with Crippen molar-refractivity contribution in [2.24, 2.45) is 5.92 Å². The maximum absolute atomic E-state index is 13.2. The molecule has 2 fully saturated rings. The van der Waals surface area contributed by atoms with Crippen LogP contribution in [0.3, 0.4) is 0 Å². The molecule has 2 amide bonds. The summed E-state index contributed by atoms with van der Waals surface area (Å²) in [7, 11) is 0. The Bertz CT molecular complexity index is 1180. The summed E-state index contributed by atoms with van der Waals surface area (Å²) in [5.74, 6) is 1.38. The van der Waals surface area contributed by atoms with Gasteiger partial charge in [-0.25, -0.2) is 4.52 Å². The minimum absolute atomic E-state index is 0.0932. The third kappa shape index (κ3) is 4.59. The Kier molecular flexibility index (Phi) is 6.40. The van der Waals surface area contributed by atoms with Crippen molar-refractivity contribution < 1.29 is 9.59 Å². The van der Waals surface area contributed by atoms with E-state index in [1.165, 1.54) is 11.1 Å². The molecule has 2 aromatic heterocycles. The normalized spacial score (nSPS) is 17.9. The van der Waals surface area contributed by atoms with Crippen molar-refractivity contribution in [1.82, 2.24) is 19.4 Å². The smallest absolute Gasteiger partial charge is 0.257 e. The minimum Gasteiger partial charge on any atom is -0.342 e. The van der Waals surface area contributed by atoms with Crippen molar-refractivity contribution in [1.29, 1.82) is 0 Å². The van der Waals surface area contributed by atoms with E-state index in [-0.39, 0.29) is 11.8 Å². The van der Waals surface area contributed by atoms with Gasteiger partial charge in [-0.05, 0) is 73.3 Å². The molecule has 4 heterocycles. The van der Waals surface area contributed by atoms with Gasteiger partial charge in [0.05, 0.1) is 23.7 Å². The highest BCUT2D eigenvalue weighted by atomic mass is 16.2. The molecule has 6 heteroatoms. The molecule has 2 saturated heterocycles. The lowest BCUT2D eigenvalue weighted by Crippen LogP contribution is -2.39. The third-order valence-corrected chi connectivity index (χ3v) is 7.77. The second kappa shape index (κ2) is 9.61. The zero-order valence-corrected chi connectivity index (χ0v) is 20.2. The average Bonchev–Trinajstić information content (AvgIpc) is 3.29. The zero-order valence-electron chi connectivity index (χ0n) is 20.2. The summed E-state index contributed by atoms with van der Waals surface area (Å²) >= 11 is 0. The summed E-state index contributed by atoms with van der Waals surface area (Å²) in [5, 5.41) is 4.43. The van der Waals surface area contributed by atoms with Crippen molar-refractivity contribution in [2.75, 3.05) is 26.2 Å². The molecular weight excluding hydrogens is 424 g/mol. The summed E-state index contributed by atoms with van der Waals surface area (Å²) in [6.45, 7) is 7.52. The van der Waals surface area contributed by atoms with Crippen LogP contribution in [0.1, 0.15) is 65.6 Å². The molecule has 2 aliphatic heterocycles. The molecule has 0 spiro atoms. The van der Waals surface area contributed by atoms with Crippen molar-refractivity contribution >= 4 is 17.3 Å². The summed E-state index contributed by atoms with van der Waals surface area (Å²) in [6.07, 6.45) is 8.17. The first-order valence-electron chi connectivity index (χ1n) is 12.6. The van der Waals surface area contributed by atoms with Gasteiger partial charge in [-0.15, -0.1) is 0 Å². The summed E-state index contributed by atoms with van der Waals surface area (Å²) < 4.78 is 1.81. The molecule has 0 saturated carbocycles. The van der Waals surface area contributed by atoms with Gasteiger partial charge in [0.2, 0.25) is 5.91 Å². The SMILES string of the molecule is Cc1ccccc1CC(=O)N1CCC(c2ccn3ncc(C(=O)N4CCC(C)CC4)c3c2)CC1. The van der Waals surface area contributed by atoms with Gasteiger partial charge in [0, 0.05) is 32.4 Å². The average molecular weight is 459 g/mol. The Morgan fingerprint density at radius 2 is 1.68 bits per heavy atom. The largest absolute Gasteiger partial charge is 0.342 e. The Balaban J connectivity index is 1.25. The van der Waals surface area contributed by atoms with Gasteiger partial charge >= 0.3 is 0 Å². The molecule has 6 nitrogen and oxygen atoms in total. The van der Waals surface area contributed by atoms with Crippen LogP contribution in [0.25, 0.3) is 5.52 Å². The number of piperidine rings is 2. The lowest BCUT2D eigenvalue weighted by molar-refractivity contribution is -0.131. The molecule has 2 aliphatic rings. The number of aromatic nitrogens is 2. The van der Waals surface area contributed by atoms with Crippen molar-refractivity contribution in [3.63, 3.8) is 0 Å². The fraction of sp³-hybridized carbons (Fsp3) is 0.464. The molecule has 5 rings (SSSR count). The van der Waals surface area contributed by atoms with E-state index in [0.717, 1.165) is 62.9 Å². The van der Waals surface area contributed by atoms with E-state index in [1.807, 2.05) is 38.7 Å². The first-order chi connectivity index (χ1) is 16.5. The lowest BCUT2D eigenvalue weighted by Gasteiger charge is -2.32. The lowest BCUT2D eigenvalue weighted by atomic mass is 9.89. The number of carbonyl (C=O) groups is 2. The number of aryl methyl sites for hydroxylation is 1. The van der Waals surface area contributed by atoms with Crippen molar-refractivity contribution in [3.05, 3.63) is 71.0 Å². The fourth-order valence-electron chi connectivity index (χ4n) is 5.34. The Labute approximate surface area is 201 Å². The van der Waals surface area contributed by atoms with Crippen LogP contribution in [-0.2, 0) is 11.2 Å². The monoisotopic (exact) mass is 458 g/mol. The highest BCUT2D eigenvalue weighted by Crippen LogP contribution is 2.30. The molecule has 0 N–H and O–H groups in total. The van der Waals surface area contributed by atoms with Gasteiger partial charge in [0.15, 0.2) is 0 Å². The summed E-state index contributed by atoms with van der Waals surface area (Å²) in [6, 6.07) is 12.4. The van der Waals surface area contributed by atoms with Gasteiger partial charge in [-0.1, -0.05) is 31.2 Å². The van der Waals surface area contributed by atoms with Gasteiger partial charge in [0.1, 0.15) is 0 Å². The second-order valence-electron chi connectivity index (χ2n) is 10.1. The van der Waals surface area contributed by atoms with Crippen LogP contribution in [0.5, 0.6) is 0 Å². The van der Waals surface area contributed by atoms with Crippen LogP contribution in [-0.4, -0.2) is 57.4 Å². The van der Waals surface area contributed by atoms with E-state index >= 15 is 0 Å². The van der Waals surface area contributed by atoms with Crippen LogP contribution in [0.15, 0.2) is 48.8 Å². The molecule has 0 unspecified atom stereocenters. The van der Waals surface area contributed by atoms with E-state index in [0.29, 0.717) is 23.8 Å². The Hall–Kier alpha value is -3.15. The molecule has 0 aliphatic carbocycles. The maximum Gasteiger partial charge on any atom is 0.257 e. The van der Waals surface area contributed by atoms with Crippen LogP contribution in [0, 0.1) is 12.8 Å². The van der Waals surface area contributed by atoms with Gasteiger partial charge in [0.25, 0.3) is 5.91 Å². The fourth-order valence-corrected chi connectivity index (χ4v) is 5.34. The van der Waals surface area contributed by atoms with E-state index < -0.39 is 0 Å². The molecule has 0 bridgehead atoms. The van der Waals surface area contributed by atoms with E-state index in [9.17, 15) is 9.59 Å². The molecule has 34 heavy (non-hydrogen) atoms. The number of hydrogen-bond donors (Lipinski definition) is 0. The first-order valence-corrected chi connectivity index (χ1v) is 12.6. The molecule has 0 atom stereocenters. The number of nitrogens with zero attached hydrogens (tertiary/aromatic N) is 4. The van der Waals surface area contributed by atoms with Crippen molar-refractivity contribution in [3.8, 4) is 0 Å². The van der Waals surface area contributed by atoms with E-state index in [2.05, 4.69) is 37.1 Å². The van der Waals surface area contributed by atoms with Crippen LogP contribution >= 0.6 is 0 Å². The number of amides is 2. The number of rotatable bonds is 4. The number of pyridine rings is 1. The van der Waals surface area contributed by atoms with Crippen molar-refractivity contribution in [2.45, 2.75) is 51.9 Å². The molecular formula is C28H34N4O2. The third-order valence-electron chi connectivity index (χ3n) is 7.77. The Morgan fingerprint density at radius 3 is 2.41 bits per heavy atom. The summed E-state index contributed by atoms with van der Waals surface area (Å²) in [4.78, 5) is 30.0. The van der Waals surface area contributed by atoms with Gasteiger partial charge in [-0.3, -0.25) is 9.59 Å². The standard InChI is InChI=1S/C28H34N4O2/c1-20-7-12-31(13-8-20)28(34)25-19-29-32-16-11-24(17-26(25)32)22-9-14-30(15-10-22)27(33)18-23-6-4-3-5-21(23)2/h3-6,11,16-17,19-20,22H,7-10,12-15,18H2,1-2H3. The molecule has 178 valence electrons. The van der Waals surface area contributed by atoms with E-state index in [1.54, 1.807) is 6.20 Å².